The van der Waals surface area contributed by atoms with E-state index in [1.807, 2.05) is 0 Å². The van der Waals surface area contributed by atoms with Gasteiger partial charge in [-0.05, 0) is 37.7 Å². The third-order valence-corrected chi connectivity index (χ3v) is 3.04. The summed E-state index contributed by atoms with van der Waals surface area (Å²) in [6, 6.07) is 4.32. The molecule has 5 nitrogen and oxygen atoms in total. The number of aliphatic hydroxyl groups is 2. The highest BCUT2D eigenvalue weighted by molar-refractivity contribution is 5.98. The fourth-order valence-corrected chi connectivity index (χ4v) is 1.82. The first-order chi connectivity index (χ1) is 9.01. The second-order valence-corrected chi connectivity index (χ2v) is 4.46. The largest absolute Gasteiger partial charge is 0.507 e. The first-order valence-electron chi connectivity index (χ1n) is 6.38. The fraction of sp³-hybridized carbons (Fsp3) is 0.500. The van der Waals surface area contributed by atoms with Crippen molar-refractivity contribution in [1.82, 2.24) is 5.32 Å². The molecule has 1 aromatic rings. The zero-order valence-electron chi connectivity index (χ0n) is 11.3. The lowest BCUT2D eigenvalue weighted by Gasteiger charge is -2.19. The molecule has 0 radical (unpaired) electrons. The normalized spacial score (nSPS) is 14.1. The molecule has 0 fully saturated rings. The summed E-state index contributed by atoms with van der Waals surface area (Å²) in [4.78, 5) is 11.6. The van der Waals surface area contributed by atoms with E-state index >= 15 is 0 Å². The molecule has 4 N–H and O–H groups in total. The van der Waals surface area contributed by atoms with Crippen LogP contribution >= 0.6 is 0 Å². The van der Waals surface area contributed by atoms with Crippen LogP contribution < -0.4 is 5.32 Å². The number of aliphatic hydroxyl groups excluding tert-OH is 2. The summed E-state index contributed by atoms with van der Waals surface area (Å²) in [6.07, 6.45) is -1.32. The Morgan fingerprint density at radius 2 is 2.05 bits per heavy atom. The van der Waals surface area contributed by atoms with Crippen LogP contribution in [-0.2, 0) is 0 Å². The number of hydrogen-bond donors (Lipinski definition) is 4. The van der Waals surface area contributed by atoms with Crippen LogP contribution in [0.25, 0.3) is 0 Å². The Morgan fingerprint density at radius 1 is 1.37 bits per heavy atom. The van der Waals surface area contributed by atoms with E-state index < -0.39 is 12.2 Å². The van der Waals surface area contributed by atoms with Crippen molar-refractivity contribution < 1.29 is 20.1 Å². The van der Waals surface area contributed by atoms with Gasteiger partial charge in [0.1, 0.15) is 11.9 Å². The van der Waals surface area contributed by atoms with Crippen molar-refractivity contribution in [3.05, 3.63) is 29.3 Å². The predicted molar refractivity (Wildman–Crippen MR) is 72.2 cm³/mol. The van der Waals surface area contributed by atoms with Crippen LogP contribution in [0.15, 0.2) is 18.2 Å². The fourth-order valence-electron chi connectivity index (χ4n) is 1.82. The highest BCUT2D eigenvalue weighted by Crippen LogP contribution is 2.26. The summed E-state index contributed by atoms with van der Waals surface area (Å²) in [5.41, 5.74) is 0.609. The molecule has 0 saturated heterocycles. The molecule has 1 rings (SSSR count). The van der Waals surface area contributed by atoms with Gasteiger partial charge in [0.2, 0.25) is 0 Å². The number of carbonyl (C=O) groups is 1. The second-order valence-electron chi connectivity index (χ2n) is 4.46. The zero-order chi connectivity index (χ0) is 14.4. The van der Waals surface area contributed by atoms with Crippen LogP contribution in [-0.4, -0.2) is 40.8 Å². The van der Waals surface area contributed by atoms with Crippen LogP contribution in [0.3, 0.4) is 0 Å². The second kappa shape index (κ2) is 7.23. The van der Waals surface area contributed by atoms with Crippen molar-refractivity contribution >= 4 is 5.78 Å². The lowest BCUT2D eigenvalue weighted by Crippen LogP contribution is -2.23. The van der Waals surface area contributed by atoms with Gasteiger partial charge in [0.05, 0.1) is 11.7 Å². The average molecular weight is 267 g/mol. The molecule has 0 spiro atoms. The van der Waals surface area contributed by atoms with Crippen molar-refractivity contribution in [2.45, 2.75) is 32.0 Å². The Labute approximate surface area is 112 Å². The Kier molecular flexibility index (Phi) is 5.95. The molecule has 0 aliphatic heterocycles. The number of benzene rings is 1. The number of phenolic OH excluding ortho intramolecular Hbond substituents is 1. The van der Waals surface area contributed by atoms with Gasteiger partial charge in [-0.1, -0.05) is 13.0 Å². The topological polar surface area (TPSA) is 89.8 Å². The van der Waals surface area contributed by atoms with Crippen molar-refractivity contribution in [1.29, 1.82) is 0 Å². The maximum absolute atomic E-state index is 11.6. The molecular weight excluding hydrogens is 246 g/mol. The Bertz CT molecular complexity index is 433. The predicted octanol–water partition coefficient (Wildman–Crippen LogP) is 0.989. The minimum atomic E-state index is -1.07. The number of nitrogens with one attached hydrogen (secondary N) is 1. The molecule has 0 aliphatic rings. The molecule has 1 aromatic carbocycles. The standard InChI is InChI=1S/C14H21NO4/c1-3-11(16)10-8-9(4-5-12(10)17)14(19)13(18)6-7-15-2/h4-5,8,13-15,17-19H,3,6-7H2,1-2H3. The molecule has 0 amide bonds. The summed E-state index contributed by atoms with van der Waals surface area (Å²) in [5.74, 6) is -0.302. The average Bonchev–Trinajstić information content (AvgIpc) is 2.43. The lowest BCUT2D eigenvalue weighted by atomic mass is 9.97. The van der Waals surface area contributed by atoms with Crippen LogP contribution in [0.4, 0.5) is 0 Å². The first-order valence-corrected chi connectivity index (χ1v) is 6.38. The van der Waals surface area contributed by atoms with Crippen LogP contribution in [0.5, 0.6) is 5.75 Å². The van der Waals surface area contributed by atoms with Gasteiger partial charge in [0, 0.05) is 6.42 Å². The number of aromatic hydroxyl groups is 1. The Morgan fingerprint density at radius 3 is 2.63 bits per heavy atom. The third kappa shape index (κ3) is 4.02. The molecule has 0 aromatic heterocycles. The molecule has 19 heavy (non-hydrogen) atoms. The van der Waals surface area contributed by atoms with E-state index in [1.54, 1.807) is 14.0 Å². The summed E-state index contributed by atoms with van der Waals surface area (Å²) < 4.78 is 0. The van der Waals surface area contributed by atoms with E-state index in [0.29, 0.717) is 18.5 Å². The van der Waals surface area contributed by atoms with Gasteiger partial charge in [-0.2, -0.15) is 0 Å². The molecule has 0 saturated carbocycles. The van der Waals surface area contributed by atoms with Crippen molar-refractivity contribution in [3.8, 4) is 5.75 Å². The van der Waals surface area contributed by atoms with E-state index in [2.05, 4.69) is 5.32 Å². The monoisotopic (exact) mass is 267 g/mol. The van der Waals surface area contributed by atoms with Gasteiger partial charge in [0.25, 0.3) is 0 Å². The molecule has 106 valence electrons. The number of carbonyl (C=O) groups excluding carboxylic acids is 1. The molecule has 0 aliphatic carbocycles. The molecule has 5 heteroatoms. The maximum atomic E-state index is 11.6. The van der Waals surface area contributed by atoms with Gasteiger partial charge in [-0.3, -0.25) is 4.79 Å². The molecular formula is C14H21NO4. The summed E-state index contributed by atoms with van der Waals surface area (Å²) in [5, 5.41) is 32.3. The van der Waals surface area contributed by atoms with Crippen LogP contribution in [0.1, 0.15) is 41.8 Å². The van der Waals surface area contributed by atoms with E-state index in [9.17, 15) is 20.1 Å². The van der Waals surface area contributed by atoms with Crippen molar-refractivity contribution in [3.63, 3.8) is 0 Å². The molecule has 0 bridgehead atoms. The molecule has 2 atom stereocenters. The first kappa shape index (κ1) is 15.6. The van der Waals surface area contributed by atoms with E-state index in [1.165, 1.54) is 18.2 Å². The number of ketones is 1. The summed E-state index contributed by atoms with van der Waals surface area (Å²) in [7, 11) is 1.76. The quantitative estimate of drug-likeness (QED) is 0.553. The highest BCUT2D eigenvalue weighted by atomic mass is 16.3. The van der Waals surface area contributed by atoms with Crippen molar-refractivity contribution in [2.24, 2.45) is 0 Å². The SMILES string of the molecule is CCC(=O)c1cc(C(O)C(O)CCNC)ccc1O. The summed E-state index contributed by atoms with van der Waals surface area (Å²) >= 11 is 0. The maximum Gasteiger partial charge on any atom is 0.166 e. The minimum Gasteiger partial charge on any atom is -0.507 e. The van der Waals surface area contributed by atoms with Crippen LogP contribution in [0, 0.1) is 0 Å². The number of rotatable bonds is 7. The third-order valence-electron chi connectivity index (χ3n) is 3.04. The minimum absolute atomic E-state index is 0.104. The van der Waals surface area contributed by atoms with Gasteiger partial charge in [-0.25, -0.2) is 0 Å². The number of phenols is 1. The summed E-state index contributed by atoms with van der Waals surface area (Å²) in [6.45, 7) is 2.28. The highest BCUT2D eigenvalue weighted by Gasteiger charge is 2.20. The zero-order valence-corrected chi connectivity index (χ0v) is 11.3. The van der Waals surface area contributed by atoms with E-state index in [-0.39, 0.29) is 23.5 Å². The van der Waals surface area contributed by atoms with Crippen LogP contribution in [0.2, 0.25) is 0 Å². The Balaban J connectivity index is 2.92. The number of Topliss-reactive ketones (excluding diaryl/α,β-unsaturated/α-hetero) is 1. The lowest BCUT2D eigenvalue weighted by molar-refractivity contribution is 0.0140. The number of hydrogen-bond acceptors (Lipinski definition) is 5. The molecule has 2 unspecified atom stereocenters. The van der Waals surface area contributed by atoms with Gasteiger partial charge >= 0.3 is 0 Å². The molecule has 0 heterocycles. The van der Waals surface area contributed by atoms with E-state index in [4.69, 9.17) is 0 Å². The van der Waals surface area contributed by atoms with Gasteiger partial charge in [0.15, 0.2) is 5.78 Å². The Hall–Kier alpha value is -1.43. The van der Waals surface area contributed by atoms with Crippen molar-refractivity contribution in [2.75, 3.05) is 13.6 Å². The van der Waals surface area contributed by atoms with Gasteiger partial charge < -0.3 is 20.6 Å². The smallest absolute Gasteiger partial charge is 0.166 e. The van der Waals surface area contributed by atoms with E-state index in [0.717, 1.165) is 0 Å². The van der Waals surface area contributed by atoms with Gasteiger partial charge in [-0.15, -0.1) is 0 Å².